The van der Waals surface area contributed by atoms with E-state index in [0.29, 0.717) is 6.54 Å². The van der Waals surface area contributed by atoms with Gasteiger partial charge in [0.15, 0.2) is 11.5 Å². The molecule has 1 amide bonds. The molecule has 1 aromatic carbocycles. The van der Waals surface area contributed by atoms with Crippen LogP contribution in [0.2, 0.25) is 0 Å². The molecule has 0 aliphatic carbocycles. The number of nitrogens with one attached hydrogen (secondary N) is 1. The molecule has 1 saturated heterocycles. The van der Waals surface area contributed by atoms with Crippen molar-refractivity contribution in [2.75, 3.05) is 27.3 Å². The Morgan fingerprint density at radius 1 is 1.43 bits per heavy atom. The lowest BCUT2D eigenvalue weighted by molar-refractivity contribution is -0.126. The van der Waals surface area contributed by atoms with E-state index in [1.54, 1.807) is 14.2 Å². The van der Waals surface area contributed by atoms with E-state index in [4.69, 9.17) is 15.3 Å². The molecule has 6 heteroatoms. The van der Waals surface area contributed by atoms with Crippen LogP contribution < -0.4 is 20.7 Å². The Balaban J connectivity index is 2.09. The first-order valence-electron chi connectivity index (χ1n) is 7.12. The summed E-state index contributed by atoms with van der Waals surface area (Å²) in [6, 6.07) is 5.85. The quantitative estimate of drug-likeness (QED) is 0.479. The van der Waals surface area contributed by atoms with Crippen LogP contribution in [0.3, 0.4) is 0 Å². The van der Waals surface area contributed by atoms with Crippen molar-refractivity contribution in [1.82, 2.24) is 10.3 Å². The van der Waals surface area contributed by atoms with Crippen molar-refractivity contribution in [3.05, 3.63) is 23.8 Å². The number of nitrogens with two attached hydrogens (primary N) is 1. The Hall–Kier alpha value is -1.79. The van der Waals surface area contributed by atoms with Gasteiger partial charge in [-0.05, 0) is 25.5 Å². The molecular formula is C15H23N3O3. The maximum absolute atomic E-state index is 11.7. The monoisotopic (exact) mass is 293 g/mol. The summed E-state index contributed by atoms with van der Waals surface area (Å²) in [5, 5.41) is 0. The second kappa shape index (κ2) is 7.28. The van der Waals surface area contributed by atoms with E-state index in [0.717, 1.165) is 43.0 Å². The van der Waals surface area contributed by atoms with Gasteiger partial charge >= 0.3 is 0 Å². The fourth-order valence-corrected chi connectivity index (χ4v) is 2.85. The summed E-state index contributed by atoms with van der Waals surface area (Å²) in [4.78, 5) is 13.9. The number of para-hydroxylation sites is 1. The number of likely N-dealkylation sites (tertiary alicyclic amines) is 1. The number of methoxy groups -OCH3 is 2. The van der Waals surface area contributed by atoms with Gasteiger partial charge in [0.25, 0.3) is 0 Å². The zero-order valence-electron chi connectivity index (χ0n) is 12.6. The normalized spacial score (nSPS) is 19.1. The van der Waals surface area contributed by atoms with Crippen LogP contribution in [-0.2, 0) is 11.3 Å². The summed E-state index contributed by atoms with van der Waals surface area (Å²) < 4.78 is 10.8. The first-order valence-corrected chi connectivity index (χ1v) is 7.12. The Bertz CT molecular complexity index is 493. The zero-order valence-corrected chi connectivity index (χ0v) is 12.6. The molecule has 1 aliphatic rings. The summed E-state index contributed by atoms with van der Waals surface area (Å²) in [5.41, 5.74) is 3.31. The summed E-state index contributed by atoms with van der Waals surface area (Å²) >= 11 is 0. The molecule has 0 aromatic heterocycles. The van der Waals surface area contributed by atoms with Crippen LogP contribution in [0.4, 0.5) is 0 Å². The number of piperidine rings is 1. The van der Waals surface area contributed by atoms with Crippen LogP contribution in [0, 0.1) is 5.92 Å². The van der Waals surface area contributed by atoms with Gasteiger partial charge in [0, 0.05) is 18.7 Å². The average Bonchev–Trinajstić information content (AvgIpc) is 2.54. The molecule has 1 heterocycles. The molecule has 3 N–H and O–H groups in total. The highest BCUT2D eigenvalue weighted by atomic mass is 16.5. The highest BCUT2D eigenvalue weighted by molar-refractivity contribution is 5.78. The minimum absolute atomic E-state index is 0.0413. The third-order valence-corrected chi connectivity index (χ3v) is 3.90. The number of hydrazine groups is 1. The second-order valence-electron chi connectivity index (χ2n) is 5.24. The summed E-state index contributed by atoms with van der Waals surface area (Å²) in [6.07, 6.45) is 1.87. The van der Waals surface area contributed by atoms with Crippen LogP contribution in [0.1, 0.15) is 18.4 Å². The molecule has 1 aromatic rings. The van der Waals surface area contributed by atoms with Crippen molar-refractivity contribution < 1.29 is 14.3 Å². The van der Waals surface area contributed by atoms with Crippen LogP contribution in [0.15, 0.2) is 18.2 Å². The molecule has 0 radical (unpaired) electrons. The van der Waals surface area contributed by atoms with Gasteiger partial charge in [-0.25, -0.2) is 5.84 Å². The lowest BCUT2D eigenvalue weighted by atomic mass is 9.97. The molecule has 0 spiro atoms. The van der Waals surface area contributed by atoms with Crippen LogP contribution in [-0.4, -0.2) is 38.1 Å². The Morgan fingerprint density at radius 3 is 2.90 bits per heavy atom. The predicted octanol–water partition coefficient (Wildman–Crippen LogP) is 0.906. The van der Waals surface area contributed by atoms with Crippen LogP contribution >= 0.6 is 0 Å². The number of ether oxygens (including phenoxy) is 2. The summed E-state index contributed by atoms with van der Waals surface area (Å²) in [5.74, 6) is 6.58. The van der Waals surface area contributed by atoms with E-state index in [-0.39, 0.29) is 11.8 Å². The van der Waals surface area contributed by atoms with Crippen molar-refractivity contribution in [2.45, 2.75) is 19.4 Å². The molecule has 2 rings (SSSR count). The van der Waals surface area contributed by atoms with Gasteiger partial charge in [0.2, 0.25) is 5.91 Å². The van der Waals surface area contributed by atoms with Crippen LogP contribution in [0.5, 0.6) is 11.5 Å². The largest absolute Gasteiger partial charge is 0.493 e. The number of carbonyl (C=O) groups excluding carboxylic acids is 1. The number of benzene rings is 1. The number of amides is 1. The van der Waals surface area contributed by atoms with Crippen molar-refractivity contribution in [2.24, 2.45) is 11.8 Å². The molecule has 1 atom stereocenters. The van der Waals surface area contributed by atoms with Gasteiger partial charge in [-0.15, -0.1) is 0 Å². The molecular weight excluding hydrogens is 270 g/mol. The maximum Gasteiger partial charge on any atom is 0.238 e. The minimum atomic E-state index is -0.0858. The lowest BCUT2D eigenvalue weighted by Crippen LogP contribution is -2.44. The van der Waals surface area contributed by atoms with E-state index < -0.39 is 0 Å². The van der Waals surface area contributed by atoms with E-state index >= 15 is 0 Å². The summed E-state index contributed by atoms with van der Waals surface area (Å²) in [7, 11) is 3.27. The molecule has 21 heavy (non-hydrogen) atoms. The van der Waals surface area contributed by atoms with Gasteiger partial charge in [-0.1, -0.05) is 12.1 Å². The minimum Gasteiger partial charge on any atom is -0.493 e. The second-order valence-corrected chi connectivity index (χ2v) is 5.24. The Kier molecular flexibility index (Phi) is 5.41. The Morgan fingerprint density at radius 2 is 2.24 bits per heavy atom. The SMILES string of the molecule is COc1cccc(CN2CCC[C@H](C(=O)NN)C2)c1OC. The van der Waals surface area contributed by atoms with Crippen molar-refractivity contribution in [3.8, 4) is 11.5 Å². The maximum atomic E-state index is 11.7. The average molecular weight is 293 g/mol. The van der Waals surface area contributed by atoms with Gasteiger partial charge in [0.1, 0.15) is 0 Å². The Labute approximate surface area is 125 Å². The predicted molar refractivity (Wildman–Crippen MR) is 79.9 cm³/mol. The number of rotatable bonds is 5. The van der Waals surface area contributed by atoms with Crippen molar-refractivity contribution in [3.63, 3.8) is 0 Å². The highest BCUT2D eigenvalue weighted by Crippen LogP contribution is 2.32. The standard InChI is InChI=1S/C15H23N3O3/c1-20-13-7-3-5-11(14(13)21-2)9-18-8-4-6-12(10-18)15(19)17-16/h3,5,7,12H,4,6,8-10,16H2,1-2H3,(H,17,19)/t12-/m0/s1. The molecule has 0 bridgehead atoms. The third-order valence-electron chi connectivity index (χ3n) is 3.90. The highest BCUT2D eigenvalue weighted by Gasteiger charge is 2.26. The first kappa shape index (κ1) is 15.6. The number of hydrogen-bond donors (Lipinski definition) is 2. The van der Waals surface area contributed by atoms with Crippen molar-refractivity contribution in [1.29, 1.82) is 0 Å². The van der Waals surface area contributed by atoms with E-state index in [1.165, 1.54) is 0 Å². The third kappa shape index (κ3) is 3.65. The number of hydrogen-bond acceptors (Lipinski definition) is 5. The number of nitrogens with zero attached hydrogens (tertiary/aromatic N) is 1. The smallest absolute Gasteiger partial charge is 0.238 e. The molecule has 1 fully saturated rings. The van der Waals surface area contributed by atoms with Gasteiger partial charge in [-0.3, -0.25) is 15.1 Å². The first-order chi connectivity index (χ1) is 10.2. The fraction of sp³-hybridized carbons (Fsp3) is 0.533. The van der Waals surface area contributed by atoms with Gasteiger partial charge in [0.05, 0.1) is 20.1 Å². The molecule has 116 valence electrons. The van der Waals surface area contributed by atoms with E-state index in [9.17, 15) is 4.79 Å². The van der Waals surface area contributed by atoms with E-state index in [2.05, 4.69) is 10.3 Å². The molecule has 1 aliphatic heterocycles. The zero-order chi connectivity index (χ0) is 15.2. The van der Waals surface area contributed by atoms with E-state index in [1.807, 2.05) is 18.2 Å². The lowest BCUT2D eigenvalue weighted by Gasteiger charge is -2.32. The van der Waals surface area contributed by atoms with Crippen LogP contribution in [0.25, 0.3) is 0 Å². The topological polar surface area (TPSA) is 76.8 Å². The molecule has 6 nitrogen and oxygen atoms in total. The van der Waals surface area contributed by atoms with Gasteiger partial charge in [-0.2, -0.15) is 0 Å². The molecule has 0 unspecified atom stereocenters. The summed E-state index contributed by atoms with van der Waals surface area (Å²) in [6.45, 7) is 2.41. The fourth-order valence-electron chi connectivity index (χ4n) is 2.85. The van der Waals surface area contributed by atoms with Gasteiger partial charge < -0.3 is 9.47 Å². The van der Waals surface area contributed by atoms with Crippen molar-refractivity contribution >= 4 is 5.91 Å². The number of carbonyl (C=O) groups is 1. The molecule has 0 saturated carbocycles.